The first-order valence-corrected chi connectivity index (χ1v) is 15.0. The van der Waals surface area contributed by atoms with Crippen molar-refractivity contribution in [3.05, 3.63) is 85.8 Å². The van der Waals surface area contributed by atoms with Gasteiger partial charge in [0.15, 0.2) is 10.1 Å². The molecule has 1 atom stereocenters. The lowest BCUT2D eigenvalue weighted by molar-refractivity contribution is -0.116. The number of hydrogen-bond donors (Lipinski definition) is 2. The van der Waals surface area contributed by atoms with E-state index in [2.05, 4.69) is 21.6 Å². The number of amides is 1. The van der Waals surface area contributed by atoms with Gasteiger partial charge in [-0.3, -0.25) is 14.5 Å². The number of aryl methyl sites for hydroxylation is 2. The van der Waals surface area contributed by atoms with Crippen LogP contribution in [0.2, 0.25) is 10.0 Å². The fourth-order valence-corrected chi connectivity index (χ4v) is 6.95. The molecule has 1 aliphatic heterocycles. The molecule has 204 valence electrons. The first kappa shape index (κ1) is 28.2. The van der Waals surface area contributed by atoms with E-state index in [0.29, 0.717) is 50.6 Å². The average molecular weight is 612 g/mol. The van der Waals surface area contributed by atoms with Crippen LogP contribution in [0.15, 0.2) is 63.4 Å². The normalized spacial score (nSPS) is 17.1. The molecule has 2 heterocycles. The Hall–Kier alpha value is -3.36. The summed E-state index contributed by atoms with van der Waals surface area (Å²) in [6.45, 7) is 4.01. The van der Waals surface area contributed by atoms with Gasteiger partial charge in [-0.1, -0.05) is 64.5 Å². The van der Waals surface area contributed by atoms with Crippen molar-refractivity contribution >= 4 is 68.8 Å². The highest BCUT2D eigenvalue weighted by Gasteiger charge is 2.42. The van der Waals surface area contributed by atoms with Gasteiger partial charge in [0.1, 0.15) is 5.82 Å². The van der Waals surface area contributed by atoms with Gasteiger partial charge < -0.3 is 11.1 Å². The number of thioether (sulfide) groups is 1. The Morgan fingerprint density at radius 1 is 1.23 bits per heavy atom. The zero-order valence-corrected chi connectivity index (χ0v) is 24.8. The Morgan fingerprint density at radius 2 is 2.02 bits per heavy atom. The van der Waals surface area contributed by atoms with Crippen LogP contribution in [-0.4, -0.2) is 27.6 Å². The molecule has 5 rings (SSSR count). The van der Waals surface area contributed by atoms with Gasteiger partial charge >= 0.3 is 0 Å². The number of carbonyl (C=O) groups excluding carboxylic acids is 2. The largest absolute Gasteiger partial charge is 0.384 e. The van der Waals surface area contributed by atoms with Crippen LogP contribution < -0.4 is 16.0 Å². The number of Topliss-reactive ketones (excluding diaryl/α,β-unsaturated/α-hetero) is 1. The molecule has 3 aromatic rings. The van der Waals surface area contributed by atoms with Gasteiger partial charge in [0.25, 0.3) is 0 Å². The summed E-state index contributed by atoms with van der Waals surface area (Å²) in [6, 6.07) is 13.1. The van der Waals surface area contributed by atoms with Gasteiger partial charge in [-0.15, -0.1) is 10.2 Å². The highest BCUT2D eigenvalue weighted by molar-refractivity contribution is 8.01. The summed E-state index contributed by atoms with van der Waals surface area (Å²) in [5, 5.41) is 22.7. The number of nitrogens with two attached hydrogens (primary N) is 1. The predicted molar refractivity (Wildman–Crippen MR) is 160 cm³/mol. The molecule has 1 amide bonds. The van der Waals surface area contributed by atoms with E-state index in [1.165, 1.54) is 23.1 Å². The Labute approximate surface area is 249 Å². The molecule has 0 bridgehead atoms. The monoisotopic (exact) mass is 610 g/mol. The Bertz CT molecular complexity index is 1640. The molecular formula is C28H24Cl2N6O2S2. The Morgan fingerprint density at radius 3 is 2.77 bits per heavy atom. The van der Waals surface area contributed by atoms with E-state index in [9.17, 15) is 14.9 Å². The number of nitrogens with one attached hydrogen (secondary N) is 1. The summed E-state index contributed by atoms with van der Waals surface area (Å²) in [7, 11) is 0. The third kappa shape index (κ3) is 5.34. The number of benzene rings is 2. The first-order valence-electron chi connectivity index (χ1n) is 12.4. The maximum atomic E-state index is 13.3. The number of aromatic nitrogens is 2. The van der Waals surface area contributed by atoms with Crippen LogP contribution in [0.3, 0.4) is 0 Å². The quantitative estimate of drug-likeness (QED) is 0.303. The molecule has 3 N–H and O–H groups in total. The van der Waals surface area contributed by atoms with Gasteiger partial charge in [0.05, 0.1) is 33.4 Å². The standard InChI is InChI=1S/C28H24Cl2N6O2S2/c1-14-9-10-16(11-15(14)2)33-22(38)13-39-28-35-34-27(40-28)36-20-7-4-8-21(37)24(20)23(18(12-31)26(36)32)17-5-3-6-19(29)25(17)30/h3,5-6,9-11,23H,4,7-8,13,32H2,1-2H3,(H,33,38). The molecule has 0 saturated heterocycles. The Kier molecular flexibility index (Phi) is 8.19. The lowest BCUT2D eigenvalue weighted by Gasteiger charge is -2.38. The SMILES string of the molecule is Cc1ccc(NC(=O)CSc2nnc(N3C(N)=C(C#N)C(c4cccc(Cl)c4Cl)C4=C3CCCC4=O)s2)cc1C. The summed E-state index contributed by atoms with van der Waals surface area (Å²) in [5.41, 5.74) is 11.5. The number of halogens is 2. The number of hydrogen-bond acceptors (Lipinski definition) is 9. The van der Waals surface area contributed by atoms with Crippen LogP contribution in [0.5, 0.6) is 0 Å². The predicted octanol–water partition coefficient (Wildman–Crippen LogP) is 6.50. The highest BCUT2D eigenvalue weighted by atomic mass is 35.5. The van der Waals surface area contributed by atoms with Gasteiger partial charge in [-0.2, -0.15) is 5.26 Å². The third-order valence-corrected chi connectivity index (χ3v) is 9.79. The second kappa shape index (κ2) is 11.6. The van der Waals surface area contributed by atoms with Crippen molar-refractivity contribution in [3.63, 3.8) is 0 Å². The number of allylic oxidation sites excluding steroid dienone is 3. The number of rotatable bonds is 6. The van der Waals surface area contributed by atoms with Crippen LogP contribution in [0.4, 0.5) is 10.8 Å². The third-order valence-electron chi connectivity index (χ3n) is 6.91. The molecule has 8 nitrogen and oxygen atoms in total. The fraction of sp³-hybridized carbons (Fsp3) is 0.250. The Balaban J connectivity index is 1.43. The van der Waals surface area contributed by atoms with Gasteiger partial charge in [0, 0.05) is 23.4 Å². The molecule has 2 aromatic carbocycles. The van der Waals surface area contributed by atoms with Gasteiger partial charge in [-0.25, -0.2) is 0 Å². The van der Waals surface area contributed by atoms with Crippen molar-refractivity contribution in [2.45, 2.75) is 43.4 Å². The number of nitrogens with zero attached hydrogens (tertiary/aromatic N) is 4. The number of nitriles is 1. The van der Waals surface area contributed by atoms with Crippen LogP contribution in [0.1, 0.15) is 41.9 Å². The maximum absolute atomic E-state index is 13.3. The van der Waals surface area contributed by atoms with E-state index >= 15 is 0 Å². The van der Waals surface area contributed by atoms with Crippen LogP contribution >= 0.6 is 46.3 Å². The minimum absolute atomic E-state index is 0.0744. The van der Waals surface area contributed by atoms with E-state index in [-0.39, 0.29) is 33.9 Å². The molecule has 0 saturated carbocycles. The minimum Gasteiger partial charge on any atom is -0.384 e. The lowest BCUT2D eigenvalue weighted by Crippen LogP contribution is -2.38. The van der Waals surface area contributed by atoms with Gasteiger partial charge in [-0.05, 0) is 61.6 Å². The van der Waals surface area contributed by atoms with Crippen LogP contribution in [0.25, 0.3) is 0 Å². The van der Waals surface area contributed by atoms with Crippen molar-refractivity contribution in [3.8, 4) is 6.07 Å². The molecule has 40 heavy (non-hydrogen) atoms. The number of carbonyl (C=O) groups is 2. The molecule has 0 fully saturated rings. The second-order valence-corrected chi connectivity index (χ2v) is 12.4. The summed E-state index contributed by atoms with van der Waals surface area (Å²) < 4.78 is 0.556. The molecule has 2 aliphatic rings. The van der Waals surface area contributed by atoms with E-state index in [0.717, 1.165) is 16.8 Å². The van der Waals surface area contributed by atoms with E-state index in [1.54, 1.807) is 23.1 Å². The lowest BCUT2D eigenvalue weighted by atomic mass is 9.76. The summed E-state index contributed by atoms with van der Waals surface area (Å²) >= 11 is 15.3. The number of anilines is 2. The van der Waals surface area contributed by atoms with Crippen molar-refractivity contribution in [1.82, 2.24) is 10.2 Å². The van der Waals surface area contributed by atoms with E-state index in [4.69, 9.17) is 28.9 Å². The fourth-order valence-electron chi connectivity index (χ4n) is 4.85. The molecule has 1 unspecified atom stereocenters. The first-order chi connectivity index (χ1) is 19.2. The minimum atomic E-state index is -0.730. The molecule has 1 aromatic heterocycles. The molecule has 1 aliphatic carbocycles. The molecule has 0 radical (unpaired) electrons. The van der Waals surface area contributed by atoms with Crippen LogP contribution in [-0.2, 0) is 9.59 Å². The van der Waals surface area contributed by atoms with Crippen molar-refractivity contribution in [2.75, 3.05) is 16.0 Å². The summed E-state index contributed by atoms with van der Waals surface area (Å²) in [4.78, 5) is 27.5. The zero-order chi connectivity index (χ0) is 28.6. The van der Waals surface area contributed by atoms with E-state index in [1.807, 2.05) is 32.0 Å². The summed E-state index contributed by atoms with van der Waals surface area (Å²) in [5.74, 6) is -0.672. The van der Waals surface area contributed by atoms with Crippen molar-refractivity contribution in [2.24, 2.45) is 5.73 Å². The molecule has 0 spiro atoms. The smallest absolute Gasteiger partial charge is 0.234 e. The zero-order valence-electron chi connectivity index (χ0n) is 21.6. The number of ketones is 1. The maximum Gasteiger partial charge on any atom is 0.234 e. The molecule has 12 heteroatoms. The average Bonchev–Trinajstić information content (AvgIpc) is 3.39. The highest BCUT2D eigenvalue weighted by Crippen LogP contribution is 2.49. The van der Waals surface area contributed by atoms with Crippen molar-refractivity contribution < 1.29 is 9.59 Å². The summed E-state index contributed by atoms with van der Waals surface area (Å²) in [6.07, 6.45) is 1.56. The molecular weight excluding hydrogens is 587 g/mol. The van der Waals surface area contributed by atoms with E-state index < -0.39 is 5.92 Å². The topological polar surface area (TPSA) is 125 Å². The van der Waals surface area contributed by atoms with Gasteiger partial charge in [0.2, 0.25) is 11.0 Å². The van der Waals surface area contributed by atoms with Crippen molar-refractivity contribution in [1.29, 1.82) is 5.26 Å². The second-order valence-electron chi connectivity index (χ2n) is 9.45. The van der Waals surface area contributed by atoms with Crippen LogP contribution in [0, 0.1) is 25.2 Å².